The highest BCUT2D eigenvalue weighted by molar-refractivity contribution is 6.35. The van der Waals surface area contributed by atoms with Gasteiger partial charge in [0.1, 0.15) is 0 Å². The van der Waals surface area contributed by atoms with Gasteiger partial charge in [0.2, 0.25) is 0 Å². The third-order valence-electron chi connectivity index (χ3n) is 4.62. The van der Waals surface area contributed by atoms with Crippen LogP contribution in [-0.4, -0.2) is 43.2 Å². The molecule has 9 nitrogen and oxygen atoms in total. The number of ether oxygens (including phenoxy) is 2. The summed E-state index contributed by atoms with van der Waals surface area (Å²) in [6.45, 7) is 7.64. The number of rotatable bonds is 10. The zero-order chi connectivity index (χ0) is 24.2. The van der Waals surface area contributed by atoms with Crippen molar-refractivity contribution < 1.29 is 23.9 Å². The van der Waals surface area contributed by atoms with Crippen LogP contribution in [0.25, 0.3) is 0 Å². The van der Waals surface area contributed by atoms with Gasteiger partial charge >= 0.3 is 11.8 Å². The van der Waals surface area contributed by atoms with Crippen molar-refractivity contribution in [1.82, 2.24) is 10.7 Å². The van der Waals surface area contributed by atoms with Crippen molar-refractivity contribution in [3.05, 3.63) is 53.6 Å². The molecule has 2 aromatic rings. The number of carbonyl (C=O) groups is 3. The molecule has 3 amide bonds. The number of anilines is 1. The minimum absolute atomic E-state index is 0.104. The van der Waals surface area contributed by atoms with Gasteiger partial charge in [0.05, 0.1) is 12.8 Å². The summed E-state index contributed by atoms with van der Waals surface area (Å²) in [4.78, 5) is 35.8. The minimum Gasteiger partial charge on any atom is -0.490 e. The molecule has 0 radical (unpaired) electrons. The van der Waals surface area contributed by atoms with E-state index in [-0.39, 0.29) is 18.6 Å². The van der Waals surface area contributed by atoms with Crippen molar-refractivity contribution in [1.29, 1.82) is 0 Å². The van der Waals surface area contributed by atoms with E-state index in [9.17, 15) is 14.4 Å². The number of amides is 3. The van der Waals surface area contributed by atoms with Crippen LogP contribution in [0.15, 0.2) is 47.6 Å². The number of carbonyl (C=O) groups excluding carboxylic acids is 3. The van der Waals surface area contributed by atoms with Gasteiger partial charge in [-0.25, -0.2) is 5.43 Å². The number of hydrogen-bond acceptors (Lipinski definition) is 6. The van der Waals surface area contributed by atoms with Gasteiger partial charge in [0.15, 0.2) is 18.1 Å². The largest absolute Gasteiger partial charge is 0.490 e. The van der Waals surface area contributed by atoms with E-state index in [2.05, 4.69) is 21.2 Å². The second-order valence-electron chi connectivity index (χ2n) is 7.27. The second kappa shape index (κ2) is 12.8. The number of para-hydroxylation sites is 1. The molecule has 1 atom stereocenters. The zero-order valence-corrected chi connectivity index (χ0v) is 19.3. The minimum atomic E-state index is -0.851. The van der Waals surface area contributed by atoms with E-state index in [1.807, 2.05) is 45.0 Å². The van der Waals surface area contributed by atoms with Crippen LogP contribution in [0.4, 0.5) is 5.69 Å². The Morgan fingerprint density at radius 2 is 1.79 bits per heavy atom. The predicted molar refractivity (Wildman–Crippen MR) is 127 cm³/mol. The van der Waals surface area contributed by atoms with Gasteiger partial charge in [-0.3, -0.25) is 14.4 Å². The second-order valence-corrected chi connectivity index (χ2v) is 7.27. The molecule has 9 heteroatoms. The molecule has 0 saturated heterocycles. The van der Waals surface area contributed by atoms with Crippen molar-refractivity contribution in [2.45, 2.75) is 40.2 Å². The maximum atomic E-state index is 12.2. The molecule has 0 aromatic heterocycles. The summed E-state index contributed by atoms with van der Waals surface area (Å²) in [5.41, 5.74) is 4.47. The normalized spacial score (nSPS) is 11.5. The van der Waals surface area contributed by atoms with Gasteiger partial charge in [0.25, 0.3) is 5.91 Å². The summed E-state index contributed by atoms with van der Waals surface area (Å²) in [5, 5.41) is 9.18. The average molecular weight is 455 g/mol. The molecule has 0 heterocycles. The Hall–Kier alpha value is -3.88. The van der Waals surface area contributed by atoms with Crippen LogP contribution in [0, 0.1) is 6.92 Å². The number of hydrogen-bond donors (Lipinski definition) is 3. The monoisotopic (exact) mass is 454 g/mol. The van der Waals surface area contributed by atoms with Crippen molar-refractivity contribution >= 4 is 29.6 Å². The number of aryl methyl sites for hydroxylation is 1. The zero-order valence-electron chi connectivity index (χ0n) is 19.3. The van der Waals surface area contributed by atoms with E-state index in [0.717, 1.165) is 11.3 Å². The maximum absolute atomic E-state index is 12.2. The van der Waals surface area contributed by atoms with Crippen LogP contribution in [0.3, 0.4) is 0 Å². The Balaban J connectivity index is 1.96. The SMILES string of the molecule is CCOc1cc(/C=N\NC(=O)C(=O)N[C@H](C)CC)ccc1OCC(=O)Nc1ccccc1C. The first-order chi connectivity index (χ1) is 15.8. The smallest absolute Gasteiger partial charge is 0.329 e. The lowest BCUT2D eigenvalue weighted by molar-refractivity contribution is -0.139. The summed E-state index contributed by atoms with van der Waals surface area (Å²) in [5.74, 6) is -1.08. The molecule has 0 spiro atoms. The van der Waals surface area contributed by atoms with Crippen LogP contribution in [0.5, 0.6) is 11.5 Å². The lowest BCUT2D eigenvalue weighted by atomic mass is 10.2. The summed E-state index contributed by atoms with van der Waals surface area (Å²) in [7, 11) is 0. The number of nitrogens with one attached hydrogen (secondary N) is 3. The summed E-state index contributed by atoms with van der Waals surface area (Å²) in [6, 6.07) is 12.4. The van der Waals surface area contributed by atoms with E-state index < -0.39 is 11.8 Å². The molecule has 0 unspecified atom stereocenters. The highest BCUT2D eigenvalue weighted by Gasteiger charge is 2.14. The number of hydrazone groups is 1. The fourth-order valence-corrected chi connectivity index (χ4v) is 2.64. The fraction of sp³-hybridized carbons (Fsp3) is 0.333. The first-order valence-electron chi connectivity index (χ1n) is 10.7. The molecule has 0 aliphatic carbocycles. The van der Waals surface area contributed by atoms with Gasteiger partial charge in [-0.1, -0.05) is 25.1 Å². The molecule has 33 heavy (non-hydrogen) atoms. The summed E-state index contributed by atoms with van der Waals surface area (Å²) >= 11 is 0. The van der Waals surface area contributed by atoms with E-state index in [1.54, 1.807) is 25.1 Å². The highest BCUT2D eigenvalue weighted by Crippen LogP contribution is 2.28. The topological polar surface area (TPSA) is 118 Å². The molecule has 0 bridgehead atoms. The van der Waals surface area contributed by atoms with Crippen molar-refractivity contribution in [2.24, 2.45) is 5.10 Å². The highest BCUT2D eigenvalue weighted by atomic mass is 16.5. The van der Waals surface area contributed by atoms with Crippen LogP contribution < -0.4 is 25.5 Å². The fourth-order valence-electron chi connectivity index (χ4n) is 2.64. The third-order valence-corrected chi connectivity index (χ3v) is 4.62. The molecule has 0 fully saturated rings. The van der Waals surface area contributed by atoms with Crippen molar-refractivity contribution in [3.8, 4) is 11.5 Å². The molecular formula is C24H30N4O5. The van der Waals surface area contributed by atoms with E-state index in [1.165, 1.54) is 6.21 Å². The third kappa shape index (κ3) is 8.29. The number of nitrogens with zero attached hydrogens (tertiary/aromatic N) is 1. The predicted octanol–water partition coefficient (Wildman–Crippen LogP) is 2.78. The molecule has 3 N–H and O–H groups in total. The molecule has 0 aliphatic rings. The average Bonchev–Trinajstić information content (AvgIpc) is 2.80. The van der Waals surface area contributed by atoms with Crippen LogP contribution in [-0.2, 0) is 14.4 Å². The quantitative estimate of drug-likeness (QED) is 0.290. The first kappa shape index (κ1) is 25.4. The van der Waals surface area contributed by atoms with Gasteiger partial charge in [-0.05, 0) is 62.6 Å². The molecule has 0 aliphatic heterocycles. The molecule has 2 rings (SSSR count). The summed E-state index contributed by atoms with van der Waals surface area (Å²) < 4.78 is 11.2. The van der Waals surface area contributed by atoms with E-state index in [4.69, 9.17) is 9.47 Å². The molecule has 0 saturated carbocycles. The van der Waals surface area contributed by atoms with Crippen LogP contribution >= 0.6 is 0 Å². The van der Waals surface area contributed by atoms with E-state index in [0.29, 0.717) is 30.1 Å². The lowest BCUT2D eigenvalue weighted by Gasteiger charge is -2.13. The molecule has 176 valence electrons. The maximum Gasteiger partial charge on any atom is 0.329 e. The van der Waals surface area contributed by atoms with Gasteiger partial charge in [0, 0.05) is 11.7 Å². The number of benzene rings is 2. The summed E-state index contributed by atoms with van der Waals surface area (Å²) in [6.07, 6.45) is 2.09. The van der Waals surface area contributed by atoms with Crippen LogP contribution in [0.2, 0.25) is 0 Å². The lowest BCUT2D eigenvalue weighted by Crippen LogP contribution is -2.41. The van der Waals surface area contributed by atoms with Gasteiger partial charge < -0.3 is 20.1 Å². The Morgan fingerprint density at radius 3 is 2.48 bits per heavy atom. The Morgan fingerprint density at radius 1 is 1.03 bits per heavy atom. The molecular weight excluding hydrogens is 424 g/mol. The first-order valence-corrected chi connectivity index (χ1v) is 10.7. The Bertz CT molecular complexity index is 1010. The van der Waals surface area contributed by atoms with Crippen molar-refractivity contribution in [2.75, 3.05) is 18.5 Å². The standard InChI is InChI=1S/C24H30N4O5/c1-5-17(4)26-23(30)24(31)28-25-14-18-11-12-20(21(13-18)32-6-2)33-15-22(29)27-19-10-8-7-9-16(19)3/h7-14,17H,5-6,15H2,1-4H3,(H,26,30)(H,27,29)(H,28,31)/b25-14-/t17-/m1/s1. The van der Waals surface area contributed by atoms with E-state index >= 15 is 0 Å². The van der Waals surface area contributed by atoms with Gasteiger partial charge in [-0.15, -0.1) is 0 Å². The Labute approximate surface area is 193 Å². The molecule has 2 aromatic carbocycles. The van der Waals surface area contributed by atoms with Crippen LogP contribution in [0.1, 0.15) is 38.3 Å². The van der Waals surface area contributed by atoms with Gasteiger partial charge in [-0.2, -0.15) is 5.10 Å². The Kier molecular flexibility index (Phi) is 9.88. The van der Waals surface area contributed by atoms with Crippen molar-refractivity contribution in [3.63, 3.8) is 0 Å².